The quantitative estimate of drug-likeness (QED) is 0.740. The molecule has 1 atom stereocenters. The first-order valence-corrected chi connectivity index (χ1v) is 6.32. The molecule has 0 aromatic rings. The van der Waals surface area contributed by atoms with Crippen LogP contribution >= 0.6 is 0 Å². The fourth-order valence-electron chi connectivity index (χ4n) is 2.38. The summed E-state index contributed by atoms with van der Waals surface area (Å²) in [5.41, 5.74) is 0. The van der Waals surface area contributed by atoms with Crippen LogP contribution in [0.2, 0.25) is 0 Å². The maximum Gasteiger partial charge on any atom is 0.237 e. The monoisotopic (exact) mass is 225 g/mol. The number of rotatable bonds is 5. The zero-order valence-electron chi connectivity index (χ0n) is 10.6. The van der Waals surface area contributed by atoms with Crippen molar-refractivity contribution in [3.8, 4) is 0 Å². The number of likely N-dealkylation sites (N-methyl/N-ethyl adjacent to an activating group) is 1. The van der Waals surface area contributed by atoms with Gasteiger partial charge in [-0.15, -0.1) is 0 Å². The van der Waals surface area contributed by atoms with Gasteiger partial charge >= 0.3 is 0 Å². The van der Waals surface area contributed by atoms with E-state index in [2.05, 4.69) is 31.1 Å². The SMILES string of the molecule is CC(C)C1NCC(=O)N1CCN(C)C1CC1. The van der Waals surface area contributed by atoms with Crippen molar-refractivity contribution in [1.29, 1.82) is 0 Å². The Morgan fingerprint density at radius 2 is 2.19 bits per heavy atom. The molecule has 0 bridgehead atoms. The number of nitrogens with zero attached hydrogens (tertiary/aromatic N) is 2. The van der Waals surface area contributed by atoms with Crippen molar-refractivity contribution in [3.05, 3.63) is 0 Å². The minimum absolute atomic E-state index is 0.236. The molecule has 0 radical (unpaired) electrons. The van der Waals surface area contributed by atoms with E-state index in [0.717, 1.165) is 19.1 Å². The third-order valence-electron chi connectivity index (χ3n) is 3.61. The molecule has 16 heavy (non-hydrogen) atoms. The van der Waals surface area contributed by atoms with Crippen LogP contribution in [0.4, 0.5) is 0 Å². The highest BCUT2D eigenvalue weighted by atomic mass is 16.2. The van der Waals surface area contributed by atoms with Gasteiger partial charge in [0.2, 0.25) is 5.91 Å². The van der Waals surface area contributed by atoms with Crippen molar-refractivity contribution in [2.75, 3.05) is 26.7 Å². The van der Waals surface area contributed by atoms with Gasteiger partial charge < -0.3 is 9.80 Å². The number of hydrogen-bond acceptors (Lipinski definition) is 3. The topological polar surface area (TPSA) is 35.6 Å². The number of hydrogen-bond donors (Lipinski definition) is 1. The van der Waals surface area contributed by atoms with Crippen LogP contribution in [-0.2, 0) is 4.79 Å². The van der Waals surface area contributed by atoms with Gasteiger partial charge in [-0.25, -0.2) is 0 Å². The van der Waals surface area contributed by atoms with Crippen LogP contribution < -0.4 is 5.32 Å². The molecule has 2 fully saturated rings. The van der Waals surface area contributed by atoms with Gasteiger partial charge in [0.25, 0.3) is 0 Å². The summed E-state index contributed by atoms with van der Waals surface area (Å²) in [5, 5.41) is 3.28. The standard InChI is InChI=1S/C12H23N3O/c1-9(2)12-13-8-11(16)15(12)7-6-14(3)10-4-5-10/h9-10,12-13H,4-8H2,1-3H3. The normalized spacial score (nSPS) is 26.2. The van der Waals surface area contributed by atoms with Crippen molar-refractivity contribution in [3.63, 3.8) is 0 Å². The molecule has 1 unspecified atom stereocenters. The molecule has 0 spiro atoms. The molecule has 1 saturated carbocycles. The lowest BCUT2D eigenvalue weighted by molar-refractivity contribution is -0.128. The summed E-state index contributed by atoms with van der Waals surface area (Å²) in [6.45, 7) is 6.70. The van der Waals surface area contributed by atoms with Crippen LogP contribution in [0.15, 0.2) is 0 Å². The molecule has 2 aliphatic rings. The van der Waals surface area contributed by atoms with Gasteiger partial charge in [0.05, 0.1) is 12.7 Å². The Hall–Kier alpha value is -0.610. The van der Waals surface area contributed by atoms with Crippen molar-refractivity contribution < 1.29 is 4.79 Å². The van der Waals surface area contributed by atoms with Gasteiger partial charge in [-0.05, 0) is 25.8 Å². The van der Waals surface area contributed by atoms with E-state index in [-0.39, 0.29) is 12.1 Å². The average Bonchev–Trinajstić information content (AvgIpc) is 3.00. The highest BCUT2D eigenvalue weighted by molar-refractivity contribution is 5.80. The molecule has 1 heterocycles. The first-order chi connectivity index (χ1) is 7.59. The van der Waals surface area contributed by atoms with E-state index in [9.17, 15) is 4.79 Å². The third-order valence-corrected chi connectivity index (χ3v) is 3.61. The van der Waals surface area contributed by atoms with Crippen LogP contribution in [0.1, 0.15) is 26.7 Å². The van der Waals surface area contributed by atoms with E-state index in [0.29, 0.717) is 12.5 Å². The molecule has 0 aromatic carbocycles. The summed E-state index contributed by atoms with van der Waals surface area (Å²) in [6.07, 6.45) is 2.90. The van der Waals surface area contributed by atoms with Gasteiger partial charge in [-0.1, -0.05) is 13.8 Å². The summed E-state index contributed by atoms with van der Waals surface area (Å²) < 4.78 is 0. The lowest BCUT2D eigenvalue weighted by atomic mass is 10.1. The Bertz CT molecular complexity index is 263. The minimum Gasteiger partial charge on any atom is -0.325 e. The number of nitrogens with one attached hydrogen (secondary N) is 1. The predicted octanol–water partition coefficient (Wildman–Crippen LogP) is 0.495. The summed E-state index contributed by atoms with van der Waals surface area (Å²) in [4.78, 5) is 16.1. The van der Waals surface area contributed by atoms with Crippen LogP contribution in [-0.4, -0.2) is 54.6 Å². The van der Waals surface area contributed by atoms with Crippen molar-refractivity contribution in [2.24, 2.45) is 5.92 Å². The number of amides is 1. The summed E-state index contributed by atoms with van der Waals surface area (Å²) in [7, 11) is 2.16. The Labute approximate surface area is 98.0 Å². The average molecular weight is 225 g/mol. The Kier molecular flexibility index (Phi) is 3.50. The molecule has 1 aliphatic carbocycles. The first kappa shape index (κ1) is 11.9. The van der Waals surface area contributed by atoms with E-state index >= 15 is 0 Å². The van der Waals surface area contributed by atoms with E-state index in [1.807, 2.05) is 4.90 Å². The van der Waals surface area contributed by atoms with Crippen molar-refractivity contribution in [2.45, 2.75) is 38.9 Å². The molecule has 4 heteroatoms. The fourth-order valence-corrected chi connectivity index (χ4v) is 2.38. The van der Waals surface area contributed by atoms with Gasteiger partial charge in [0.15, 0.2) is 0 Å². The zero-order chi connectivity index (χ0) is 11.7. The summed E-state index contributed by atoms with van der Waals surface area (Å²) in [6, 6.07) is 0.781. The number of carbonyl (C=O) groups excluding carboxylic acids is 1. The van der Waals surface area contributed by atoms with Crippen molar-refractivity contribution >= 4 is 5.91 Å². The molecule has 1 aliphatic heterocycles. The van der Waals surface area contributed by atoms with Gasteiger partial charge in [0, 0.05) is 19.1 Å². The zero-order valence-corrected chi connectivity index (χ0v) is 10.6. The maximum atomic E-state index is 11.7. The van der Waals surface area contributed by atoms with Crippen molar-refractivity contribution in [1.82, 2.24) is 15.1 Å². The summed E-state index contributed by atoms with van der Waals surface area (Å²) >= 11 is 0. The second kappa shape index (κ2) is 4.72. The lowest BCUT2D eigenvalue weighted by Gasteiger charge is -2.29. The fraction of sp³-hybridized carbons (Fsp3) is 0.917. The first-order valence-electron chi connectivity index (χ1n) is 6.32. The smallest absolute Gasteiger partial charge is 0.237 e. The van der Waals surface area contributed by atoms with Crippen LogP contribution in [0.5, 0.6) is 0 Å². The van der Waals surface area contributed by atoms with Crippen LogP contribution in [0.3, 0.4) is 0 Å². The molecule has 1 amide bonds. The maximum absolute atomic E-state index is 11.7. The second-order valence-electron chi connectivity index (χ2n) is 5.37. The molecule has 1 N–H and O–H groups in total. The highest BCUT2D eigenvalue weighted by Crippen LogP contribution is 2.25. The Morgan fingerprint density at radius 3 is 2.75 bits per heavy atom. The number of carbonyl (C=O) groups is 1. The van der Waals surface area contributed by atoms with E-state index in [4.69, 9.17) is 0 Å². The minimum atomic E-state index is 0.236. The highest BCUT2D eigenvalue weighted by Gasteiger charge is 2.33. The molecule has 2 rings (SSSR count). The summed E-state index contributed by atoms with van der Waals surface area (Å²) in [5.74, 6) is 0.737. The van der Waals surface area contributed by atoms with Gasteiger partial charge in [-0.3, -0.25) is 10.1 Å². The van der Waals surface area contributed by atoms with E-state index < -0.39 is 0 Å². The molecule has 1 saturated heterocycles. The van der Waals surface area contributed by atoms with Crippen LogP contribution in [0, 0.1) is 5.92 Å². The lowest BCUT2D eigenvalue weighted by Crippen LogP contribution is -2.44. The largest absolute Gasteiger partial charge is 0.325 e. The van der Waals surface area contributed by atoms with E-state index in [1.54, 1.807) is 0 Å². The van der Waals surface area contributed by atoms with Gasteiger partial charge in [0.1, 0.15) is 0 Å². The molecule has 4 nitrogen and oxygen atoms in total. The van der Waals surface area contributed by atoms with Gasteiger partial charge in [-0.2, -0.15) is 0 Å². The third kappa shape index (κ3) is 2.55. The molecule has 0 aromatic heterocycles. The Balaban J connectivity index is 1.83. The van der Waals surface area contributed by atoms with Crippen LogP contribution in [0.25, 0.3) is 0 Å². The molecule has 92 valence electrons. The second-order valence-corrected chi connectivity index (χ2v) is 5.37. The van der Waals surface area contributed by atoms with E-state index in [1.165, 1.54) is 12.8 Å². The molecular weight excluding hydrogens is 202 g/mol. The Morgan fingerprint density at radius 1 is 1.50 bits per heavy atom. The predicted molar refractivity (Wildman–Crippen MR) is 64.0 cm³/mol. The molecular formula is C12H23N3O.